The van der Waals surface area contributed by atoms with Crippen molar-refractivity contribution in [2.45, 2.75) is 25.7 Å². The van der Waals surface area contributed by atoms with Crippen LogP contribution in [0.5, 0.6) is 0 Å². The van der Waals surface area contributed by atoms with Crippen LogP contribution in [0.3, 0.4) is 0 Å². The first-order chi connectivity index (χ1) is 9.22. The second-order valence-corrected chi connectivity index (χ2v) is 5.03. The average molecular weight is 258 g/mol. The Balaban J connectivity index is 1.66. The van der Waals surface area contributed by atoms with Crippen molar-refractivity contribution in [3.8, 4) is 0 Å². The maximum Gasteiger partial charge on any atom is 0.147 e. The summed E-state index contributed by atoms with van der Waals surface area (Å²) in [6.07, 6.45) is 5.75. The highest BCUT2D eigenvalue weighted by Crippen LogP contribution is 2.29. The zero-order chi connectivity index (χ0) is 13.2. The van der Waals surface area contributed by atoms with Crippen LogP contribution in [0.2, 0.25) is 0 Å². The van der Waals surface area contributed by atoms with Crippen LogP contribution in [0.1, 0.15) is 30.1 Å². The molecule has 100 valence electrons. The fourth-order valence-electron chi connectivity index (χ4n) is 2.57. The zero-order valence-corrected chi connectivity index (χ0v) is 11.0. The SMILES string of the molecule is Cc1cncc(N2CCC(c3cc(N)[nH]n3)CC2)n1. The predicted molar refractivity (Wildman–Crippen MR) is 74.0 cm³/mol. The van der Waals surface area contributed by atoms with Gasteiger partial charge in [-0.05, 0) is 19.8 Å². The molecule has 0 aliphatic carbocycles. The number of piperidine rings is 1. The van der Waals surface area contributed by atoms with Crippen LogP contribution in [-0.2, 0) is 0 Å². The van der Waals surface area contributed by atoms with Gasteiger partial charge in [0.2, 0.25) is 0 Å². The normalized spacial score (nSPS) is 16.8. The number of nitrogens with one attached hydrogen (secondary N) is 1. The second kappa shape index (κ2) is 4.87. The lowest BCUT2D eigenvalue weighted by molar-refractivity contribution is 0.492. The van der Waals surface area contributed by atoms with E-state index < -0.39 is 0 Å². The van der Waals surface area contributed by atoms with Gasteiger partial charge in [-0.2, -0.15) is 5.10 Å². The third kappa shape index (κ3) is 2.52. The number of aromatic amines is 1. The van der Waals surface area contributed by atoms with Crippen LogP contribution in [0, 0.1) is 6.92 Å². The number of rotatable bonds is 2. The fourth-order valence-corrected chi connectivity index (χ4v) is 2.57. The van der Waals surface area contributed by atoms with Gasteiger partial charge >= 0.3 is 0 Å². The lowest BCUT2D eigenvalue weighted by Gasteiger charge is -2.31. The number of nitrogens with zero attached hydrogens (tertiary/aromatic N) is 4. The quantitative estimate of drug-likeness (QED) is 0.852. The number of anilines is 2. The molecule has 2 aromatic heterocycles. The van der Waals surface area contributed by atoms with Crippen molar-refractivity contribution < 1.29 is 0 Å². The minimum atomic E-state index is 0.488. The molecule has 0 atom stereocenters. The molecule has 0 unspecified atom stereocenters. The molecule has 19 heavy (non-hydrogen) atoms. The molecular formula is C13H18N6. The van der Waals surface area contributed by atoms with Gasteiger partial charge in [-0.25, -0.2) is 4.98 Å². The van der Waals surface area contributed by atoms with Crippen LogP contribution in [0.4, 0.5) is 11.6 Å². The molecule has 1 fully saturated rings. The molecule has 3 heterocycles. The second-order valence-electron chi connectivity index (χ2n) is 5.03. The Kier molecular flexibility index (Phi) is 3.06. The van der Waals surface area contributed by atoms with Gasteiger partial charge in [-0.15, -0.1) is 0 Å². The Morgan fingerprint density at radius 2 is 2.11 bits per heavy atom. The molecule has 1 saturated heterocycles. The van der Waals surface area contributed by atoms with Crippen molar-refractivity contribution in [2.75, 3.05) is 23.7 Å². The molecule has 1 aliphatic rings. The highest BCUT2D eigenvalue weighted by atomic mass is 15.2. The summed E-state index contributed by atoms with van der Waals surface area (Å²) >= 11 is 0. The summed E-state index contributed by atoms with van der Waals surface area (Å²) in [5.41, 5.74) is 7.71. The number of hydrogen-bond acceptors (Lipinski definition) is 5. The van der Waals surface area contributed by atoms with Gasteiger partial charge in [-0.1, -0.05) is 0 Å². The number of aromatic nitrogens is 4. The van der Waals surface area contributed by atoms with Crippen LogP contribution >= 0.6 is 0 Å². The highest BCUT2D eigenvalue weighted by Gasteiger charge is 2.23. The minimum Gasteiger partial charge on any atom is -0.384 e. The lowest BCUT2D eigenvalue weighted by Crippen LogP contribution is -2.33. The molecular weight excluding hydrogens is 240 g/mol. The Morgan fingerprint density at radius 1 is 1.32 bits per heavy atom. The van der Waals surface area contributed by atoms with E-state index in [2.05, 4.69) is 25.1 Å². The Hall–Kier alpha value is -2.11. The number of nitrogens with two attached hydrogens (primary N) is 1. The zero-order valence-electron chi connectivity index (χ0n) is 11.0. The molecule has 3 N–H and O–H groups in total. The van der Waals surface area contributed by atoms with Gasteiger partial charge in [-0.3, -0.25) is 10.1 Å². The van der Waals surface area contributed by atoms with Gasteiger partial charge < -0.3 is 10.6 Å². The van der Waals surface area contributed by atoms with Gasteiger partial charge in [0.25, 0.3) is 0 Å². The predicted octanol–water partition coefficient (Wildman–Crippen LogP) is 1.47. The third-order valence-corrected chi connectivity index (χ3v) is 3.60. The molecule has 0 saturated carbocycles. The molecule has 6 heteroatoms. The first-order valence-electron chi connectivity index (χ1n) is 6.57. The largest absolute Gasteiger partial charge is 0.384 e. The van der Waals surface area contributed by atoms with Crippen molar-refractivity contribution in [2.24, 2.45) is 0 Å². The number of aryl methyl sites for hydroxylation is 1. The molecule has 0 radical (unpaired) electrons. The molecule has 6 nitrogen and oxygen atoms in total. The molecule has 3 rings (SSSR count). The first-order valence-corrected chi connectivity index (χ1v) is 6.57. The number of hydrogen-bond donors (Lipinski definition) is 2. The van der Waals surface area contributed by atoms with E-state index >= 15 is 0 Å². The van der Waals surface area contributed by atoms with Crippen molar-refractivity contribution >= 4 is 11.6 Å². The summed E-state index contributed by atoms with van der Waals surface area (Å²) in [4.78, 5) is 11.0. The van der Waals surface area contributed by atoms with Crippen LogP contribution in [0.25, 0.3) is 0 Å². The molecule has 0 aromatic carbocycles. The maximum absolute atomic E-state index is 5.67. The summed E-state index contributed by atoms with van der Waals surface area (Å²) in [6, 6.07) is 1.94. The summed E-state index contributed by atoms with van der Waals surface area (Å²) in [6.45, 7) is 3.93. The monoisotopic (exact) mass is 258 g/mol. The summed E-state index contributed by atoms with van der Waals surface area (Å²) in [7, 11) is 0. The Labute approximate surface area is 112 Å². The Bertz CT molecular complexity index is 556. The van der Waals surface area contributed by atoms with Crippen LogP contribution < -0.4 is 10.6 Å². The first kappa shape index (κ1) is 12.0. The fraction of sp³-hybridized carbons (Fsp3) is 0.462. The molecule has 0 amide bonds. The molecule has 0 spiro atoms. The molecule has 1 aliphatic heterocycles. The van der Waals surface area contributed by atoms with E-state index in [9.17, 15) is 0 Å². The summed E-state index contributed by atoms with van der Waals surface area (Å²) < 4.78 is 0. The average Bonchev–Trinajstić information content (AvgIpc) is 2.86. The van der Waals surface area contributed by atoms with E-state index in [1.54, 1.807) is 6.20 Å². The van der Waals surface area contributed by atoms with Crippen LogP contribution in [-0.4, -0.2) is 33.3 Å². The van der Waals surface area contributed by atoms with E-state index in [0.29, 0.717) is 11.7 Å². The standard InChI is InChI=1S/C13H18N6/c1-9-7-15-8-13(16-9)19-4-2-10(3-5-19)11-6-12(14)18-17-11/h6-8,10H,2-5H2,1H3,(H3,14,17,18). The molecule has 2 aromatic rings. The van der Waals surface area contributed by atoms with Crippen molar-refractivity contribution in [1.29, 1.82) is 0 Å². The van der Waals surface area contributed by atoms with Gasteiger partial charge in [0.1, 0.15) is 11.6 Å². The van der Waals surface area contributed by atoms with Gasteiger partial charge in [0.05, 0.1) is 17.6 Å². The number of nitrogen functional groups attached to an aromatic ring is 1. The third-order valence-electron chi connectivity index (χ3n) is 3.60. The number of H-pyrrole nitrogens is 1. The van der Waals surface area contributed by atoms with Crippen LogP contribution in [0.15, 0.2) is 18.5 Å². The summed E-state index contributed by atoms with van der Waals surface area (Å²) in [5, 5.41) is 7.06. The lowest BCUT2D eigenvalue weighted by atomic mass is 9.93. The van der Waals surface area contributed by atoms with Crippen molar-refractivity contribution in [3.63, 3.8) is 0 Å². The van der Waals surface area contributed by atoms with E-state index in [-0.39, 0.29) is 0 Å². The van der Waals surface area contributed by atoms with E-state index in [4.69, 9.17) is 5.73 Å². The van der Waals surface area contributed by atoms with Crippen molar-refractivity contribution in [1.82, 2.24) is 20.2 Å². The minimum absolute atomic E-state index is 0.488. The summed E-state index contributed by atoms with van der Waals surface area (Å²) in [5.74, 6) is 2.10. The van der Waals surface area contributed by atoms with Crippen molar-refractivity contribution in [3.05, 3.63) is 29.8 Å². The smallest absolute Gasteiger partial charge is 0.147 e. The van der Waals surface area contributed by atoms with E-state index in [1.165, 1.54) is 0 Å². The maximum atomic E-state index is 5.67. The Morgan fingerprint density at radius 3 is 2.74 bits per heavy atom. The van der Waals surface area contributed by atoms with Gasteiger partial charge in [0, 0.05) is 31.3 Å². The van der Waals surface area contributed by atoms with E-state index in [0.717, 1.165) is 43.1 Å². The molecule has 0 bridgehead atoms. The van der Waals surface area contributed by atoms with Gasteiger partial charge in [0.15, 0.2) is 0 Å². The van der Waals surface area contributed by atoms with E-state index in [1.807, 2.05) is 19.2 Å². The highest BCUT2D eigenvalue weighted by molar-refractivity contribution is 5.38. The topological polar surface area (TPSA) is 83.7 Å².